The fraction of sp³-hybridized carbons (Fsp3) is 0.292. The molecule has 0 radical (unpaired) electrons. The molecule has 0 saturated carbocycles. The summed E-state index contributed by atoms with van der Waals surface area (Å²) in [5.74, 6) is -0.702. The van der Waals surface area contributed by atoms with Gasteiger partial charge in [-0.15, -0.1) is 0 Å². The first-order valence-corrected chi connectivity index (χ1v) is 10.3. The first-order chi connectivity index (χ1) is 14.5. The van der Waals surface area contributed by atoms with Gasteiger partial charge in [0.15, 0.2) is 0 Å². The Morgan fingerprint density at radius 1 is 0.967 bits per heavy atom. The number of likely N-dealkylation sites (N-methyl/N-ethyl adjacent to an activating group) is 1. The number of carbonyl (C=O) groups excluding carboxylic acids is 3. The van der Waals surface area contributed by atoms with E-state index in [9.17, 15) is 14.4 Å². The first-order valence-electron chi connectivity index (χ1n) is 10.3. The number of unbranched alkanes of at least 4 members (excludes halogenated alkanes) is 1. The minimum Gasteiger partial charge on any atom is -0.337 e. The number of para-hydroxylation sites is 1. The van der Waals surface area contributed by atoms with E-state index in [4.69, 9.17) is 0 Å². The minimum absolute atomic E-state index is 0.165. The van der Waals surface area contributed by atoms with Gasteiger partial charge >= 0.3 is 0 Å². The van der Waals surface area contributed by atoms with E-state index in [1.807, 2.05) is 49.1 Å². The third kappa shape index (κ3) is 4.27. The van der Waals surface area contributed by atoms with Crippen LogP contribution < -0.4 is 10.2 Å². The molecule has 1 aliphatic heterocycles. The summed E-state index contributed by atoms with van der Waals surface area (Å²) < 4.78 is 0. The standard InChI is InChI=1S/C24H27N3O3/c1-4-6-16-27-23(29)21(18-12-14-19(15-13-18)25-17(3)28)22(24(27)30)26(5-2)20-10-8-7-9-11-20/h7-15H,4-6,16H2,1-3H3,(H,25,28). The summed E-state index contributed by atoms with van der Waals surface area (Å²) in [6.07, 6.45) is 1.65. The van der Waals surface area contributed by atoms with Crippen molar-refractivity contribution < 1.29 is 14.4 Å². The van der Waals surface area contributed by atoms with E-state index in [0.717, 1.165) is 18.5 Å². The van der Waals surface area contributed by atoms with Gasteiger partial charge in [-0.3, -0.25) is 19.3 Å². The Morgan fingerprint density at radius 2 is 1.63 bits per heavy atom. The number of hydrogen-bond donors (Lipinski definition) is 1. The number of rotatable bonds is 8. The van der Waals surface area contributed by atoms with Crippen LogP contribution in [0.15, 0.2) is 60.3 Å². The number of anilines is 2. The van der Waals surface area contributed by atoms with Crippen molar-refractivity contribution in [3.63, 3.8) is 0 Å². The van der Waals surface area contributed by atoms with Gasteiger partial charge in [0.05, 0.1) is 5.57 Å². The fourth-order valence-corrected chi connectivity index (χ4v) is 3.59. The van der Waals surface area contributed by atoms with Crippen LogP contribution in [0.2, 0.25) is 0 Å². The van der Waals surface area contributed by atoms with Crippen molar-refractivity contribution in [2.75, 3.05) is 23.3 Å². The molecular weight excluding hydrogens is 378 g/mol. The normalized spacial score (nSPS) is 13.8. The topological polar surface area (TPSA) is 69.7 Å². The number of hydrogen-bond acceptors (Lipinski definition) is 4. The highest BCUT2D eigenvalue weighted by atomic mass is 16.2. The molecule has 3 rings (SSSR count). The summed E-state index contributed by atoms with van der Waals surface area (Å²) in [5, 5.41) is 2.72. The molecule has 3 amide bonds. The second-order valence-electron chi connectivity index (χ2n) is 7.18. The van der Waals surface area contributed by atoms with Crippen molar-refractivity contribution in [1.82, 2.24) is 4.90 Å². The molecule has 0 spiro atoms. The molecule has 0 bridgehead atoms. The minimum atomic E-state index is -0.273. The van der Waals surface area contributed by atoms with E-state index in [1.165, 1.54) is 11.8 Å². The van der Waals surface area contributed by atoms with Crippen LogP contribution in [0.4, 0.5) is 11.4 Å². The molecule has 0 atom stereocenters. The number of benzene rings is 2. The maximum absolute atomic E-state index is 13.3. The van der Waals surface area contributed by atoms with Gasteiger partial charge in [0.2, 0.25) is 5.91 Å². The maximum Gasteiger partial charge on any atom is 0.278 e. The van der Waals surface area contributed by atoms with Gasteiger partial charge in [-0.2, -0.15) is 0 Å². The van der Waals surface area contributed by atoms with Crippen molar-refractivity contribution in [1.29, 1.82) is 0 Å². The van der Waals surface area contributed by atoms with E-state index >= 15 is 0 Å². The summed E-state index contributed by atoms with van der Waals surface area (Å²) >= 11 is 0. The molecule has 30 heavy (non-hydrogen) atoms. The van der Waals surface area contributed by atoms with E-state index in [-0.39, 0.29) is 17.7 Å². The van der Waals surface area contributed by atoms with Crippen LogP contribution in [0.1, 0.15) is 39.2 Å². The fourth-order valence-electron chi connectivity index (χ4n) is 3.59. The van der Waals surface area contributed by atoms with Crippen LogP contribution >= 0.6 is 0 Å². The molecule has 0 aromatic heterocycles. The van der Waals surface area contributed by atoms with Crippen molar-refractivity contribution in [2.24, 2.45) is 0 Å². The molecule has 0 unspecified atom stereocenters. The second kappa shape index (κ2) is 9.39. The lowest BCUT2D eigenvalue weighted by atomic mass is 10.0. The molecule has 1 N–H and O–H groups in total. The molecule has 0 aliphatic carbocycles. The van der Waals surface area contributed by atoms with Crippen molar-refractivity contribution >= 4 is 34.7 Å². The van der Waals surface area contributed by atoms with Crippen LogP contribution in [0.25, 0.3) is 5.57 Å². The third-order valence-corrected chi connectivity index (χ3v) is 5.03. The summed E-state index contributed by atoms with van der Waals surface area (Å²) in [6.45, 7) is 6.39. The van der Waals surface area contributed by atoms with Crippen LogP contribution in [0.5, 0.6) is 0 Å². The summed E-state index contributed by atoms with van der Waals surface area (Å²) in [4.78, 5) is 41.2. The van der Waals surface area contributed by atoms with Crippen LogP contribution in [-0.2, 0) is 14.4 Å². The molecule has 0 fully saturated rings. The molecule has 156 valence electrons. The van der Waals surface area contributed by atoms with Crippen LogP contribution in [0.3, 0.4) is 0 Å². The highest BCUT2D eigenvalue weighted by Gasteiger charge is 2.41. The molecule has 6 heteroatoms. The van der Waals surface area contributed by atoms with E-state index < -0.39 is 0 Å². The van der Waals surface area contributed by atoms with Gasteiger partial charge in [0.1, 0.15) is 5.70 Å². The Morgan fingerprint density at radius 3 is 2.20 bits per heavy atom. The highest BCUT2D eigenvalue weighted by Crippen LogP contribution is 2.34. The zero-order valence-electron chi connectivity index (χ0n) is 17.6. The lowest BCUT2D eigenvalue weighted by Gasteiger charge is -2.25. The van der Waals surface area contributed by atoms with Gasteiger partial charge in [-0.25, -0.2) is 0 Å². The largest absolute Gasteiger partial charge is 0.337 e. The van der Waals surface area contributed by atoms with Crippen molar-refractivity contribution in [2.45, 2.75) is 33.6 Å². The first kappa shape index (κ1) is 21.3. The SMILES string of the molecule is CCCCN1C(=O)C(c2ccc(NC(C)=O)cc2)=C(N(CC)c2ccccc2)C1=O. The zero-order chi connectivity index (χ0) is 21.7. The Hall–Kier alpha value is -3.41. The van der Waals surface area contributed by atoms with Gasteiger partial charge in [0.25, 0.3) is 11.8 Å². The predicted molar refractivity (Wildman–Crippen MR) is 119 cm³/mol. The van der Waals surface area contributed by atoms with E-state index in [1.54, 1.807) is 24.3 Å². The van der Waals surface area contributed by atoms with Crippen LogP contribution in [0, 0.1) is 0 Å². The second-order valence-corrected chi connectivity index (χ2v) is 7.18. The summed E-state index contributed by atoms with van der Waals surface area (Å²) in [5.41, 5.74) is 2.96. The number of nitrogens with zero attached hydrogens (tertiary/aromatic N) is 2. The Bertz CT molecular complexity index is 965. The van der Waals surface area contributed by atoms with Crippen LogP contribution in [-0.4, -0.2) is 35.7 Å². The van der Waals surface area contributed by atoms with E-state index in [2.05, 4.69) is 5.32 Å². The van der Waals surface area contributed by atoms with Crippen molar-refractivity contribution in [3.05, 3.63) is 65.9 Å². The van der Waals surface area contributed by atoms with Crippen molar-refractivity contribution in [3.8, 4) is 0 Å². The van der Waals surface area contributed by atoms with Gasteiger partial charge < -0.3 is 10.2 Å². The summed E-state index contributed by atoms with van der Waals surface area (Å²) in [7, 11) is 0. The van der Waals surface area contributed by atoms with Gasteiger partial charge in [0, 0.05) is 31.4 Å². The molecule has 1 aliphatic rings. The molecule has 2 aromatic rings. The number of carbonyl (C=O) groups is 3. The Labute approximate surface area is 177 Å². The van der Waals surface area contributed by atoms with Gasteiger partial charge in [-0.05, 0) is 43.2 Å². The average molecular weight is 405 g/mol. The predicted octanol–water partition coefficient (Wildman–Crippen LogP) is 4.05. The zero-order valence-corrected chi connectivity index (χ0v) is 17.6. The summed E-state index contributed by atoms with van der Waals surface area (Å²) in [6, 6.07) is 16.6. The molecule has 6 nitrogen and oxygen atoms in total. The molecule has 1 heterocycles. The lowest BCUT2D eigenvalue weighted by molar-refractivity contribution is -0.137. The average Bonchev–Trinajstić information content (AvgIpc) is 2.98. The van der Waals surface area contributed by atoms with Gasteiger partial charge in [-0.1, -0.05) is 43.7 Å². The number of imide groups is 1. The maximum atomic E-state index is 13.3. The number of amides is 3. The molecule has 0 saturated heterocycles. The lowest BCUT2D eigenvalue weighted by Crippen LogP contribution is -2.36. The quantitative estimate of drug-likeness (QED) is 0.673. The highest BCUT2D eigenvalue weighted by molar-refractivity contribution is 6.36. The monoisotopic (exact) mass is 405 g/mol. The molecular formula is C24H27N3O3. The third-order valence-electron chi connectivity index (χ3n) is 5.03. The Kier molecular flexibility index (Phi) is 6.67. The van der Waals surface area contributed by atoms with E-state index in [0.29, 0.717) is 35.6 Å². The number of nitrogens with one attached hydrogen (secondary N) is 1. The molecule has 2 aromatic carbocycles. The Balaban J connectivity index is 2.09. The smallest absolute Gasteiger partial charge is 0.278 e.